The zero-order valence-corrected chi connectivity index (χ0v) is 7.85. The third-order valence-electron chi connectivity index (χ3n) is 2.57. The van der Waals surface area contributed by atoms with Crippen LogP contribution >= 0.6 is 0 Å². The van der Waals surface area contributed by atoms with Crippen LogP contribution in [0.3, 0.4) is 0 Å². The molecule has 0 aromatic heterocycles. The largest absolute Gasteiger partial charge is 0.338 e. The van der Waals surface area contributed by atoms with Crippen LogP contribution in [-0.4, -0.2) is 36.2 Å². The standard InChI is InChI=1S/C9H15FN2O/c1-9(10)5-12(6-9)8(13)11-4-7-2-3-7/h7H,2-6H2,1H3,(H,11,13). The fourth-order valence-corrected chi connectivity index (χ4v) is 1.56. The van der Waals surface area contributed by atoms with E-state index in [0.717, 1.165) is 6.54 Å². The van der Waals surface area contributed by atoms with Crippen molar-refractivity contribution >= 4 is 6.03 Å². The number of hydrogen-bond acceptors (Lipinski definition) is 1. The molecule has 1 aliphatic carbocycles. The number of amides is 2. The lowest BCUT2D eigenvalue weighted by atomic mass is 10.00. The number of rotatable bonds is 2. The third-order valence-corrected chi connectivity index (χ3v) is 2.57. The van der Waals surface area contributed by atoms with Gasteiger partial charge in [-0.25, -0.2) is 9.18 Å². The second kappa shape index (κ2) is 2.86. The van der Waals surface area contributed by atoms with Crippen LogP contribution in [0, 0.1) is 5.92 Å². The Hall–Kier alpha value is -0.800. The van der Waals surface area contributed by atoms with Gasteiger partial charge in [-0.3, -0.25) is 0 Å². The Morgan fingerprint density at radius 1 is 1.62 bits per heavy atom. The molecular weight excluding hydrogens is 171 g/mol. The number of halogens is 1. The quantitative estimate of drug-likeness (QED) is 0.689. The van der Waals surface area contributed by atoms with E-state index in [1.807, 2.05) is 0 Å². The summed E-state index contributed by atoms with van der Waals surface area (Å²) in [6.45, 7) is 2.77. The second-order valence-corrected chi connectivity index (χ2v) is 4.40. The molecule has 0 unspecified atom stereocenters. The molecule has 0 aromatic carbocycles. The predicted octanol–water partition coefficient (Wildman–Crippen LogP) is 1.15. The topological polar surface area (TPSA) is 32.3 Å². The molecule has 0 atom stereocenters. The summed E-state index contributed by atoms with van der Waals surface area (Å²) in [5.41, 5.74) is -1.16. The van der Waals surface area contributed by atoms with Crippen LogP contribution in [0.2, 0.25) is 0 Å². The maximum atomic E-state index is 13.0. The first kappa shape index (κ1) is 8.78. The van der Waals surface area contributed by atoms with Crippen LogP contribution in [-0.2, 0) is 0 Å². The van der Waals surface area contributed by atoms with Gasteiger partial charge in [0.25, 0.3) is 0 Å². The van der Waals surface area contributed by atoms with Crippen molar-refractivity contribution in [1.29, 1.82) is 0 Å². The molecule has 1 heterocycles. The Morgan fingerprint density at radius 2 is 2.23 bits per heavy atom. The second-order valence-electron chi connectivity index (χ2n) is 4.40. The molecule has 13 heavy (non-hydrogen) atoms. The summed E-state index contributed by atoms with van der Waals surface area (Å²) in [5, 5.41) is 2.80. The molecule has 2 amide bonds. The van der Waals surface area contributed by atoms with Crippen molar-refractivity contribution in [1.82, 2.24) is 10.2 Å². The monoisotopic (exact) mass is 186 g/mol. The van der Waals surface area contributed by atoms with Crippen molar-refractivity contribution in [2.24, 2.45) is 5.92 Å². The minimum atomic E-state index is -1.16. The molecule has 0 spiro atoms. The fraction of sp³-hybridized carbons (Fsp3) is 0.889. The smallest absolute Gasteiger partial charge is 0.317 e. The molecule has 0 aromatic rings. The summed E-state index contributed by atoms with van der Waals surface area (Å²) in [7, 11) is 0. The minimum Gasteiger partial charge on any atom is -0.338 e. The van der Waals surface area contributed by atoms with Gasteiger partial charge < -0.3 is 10.2 Å². The summed E-state index contributed by atoms with van der Waals surface area (Å²) < 4.78 is 13.0. The molecule has 2 rings (SSSR count). The van der Waals surface area contributed by atoms with Gasteiger partial charge in [-0.2, -0.15) is 0 Å². The average molecular weight is 186 g/mol. The lowest BCUT2D eigenvalue weighted by Gasteiger charge is -2.41. The summed E-state index contributed by atoms with van der Waals surface area (Å²) in [6, 6.07) is -0.109. The van der Waals surface area contributed by atoms with E-state index in [1.165, 1.54) is 24.7 Å². The molecule has 1 saturated carbocycles. The molecule has 74 valence electrons. The highest BCUT2D eigenvalue weighted by molar-refractivity contribution is 5.75. The van der Waals surface area contributed by atoms with Crippen molar-refractivity contribution in [2.45, 2.75) is 25.4 Å². The lowest BCUT2D eigenvalue weighted by Crippen LogP contribution is -2.61. The molecule has 0 radical (unpaired) electrons. The lowest BCUT2D eigenvalue weighted by molar-refractivity contribution is 0.0101. The van der Waals surface area contributed by atoms with Gasteiger partial charge in [-0.15, -0.1) is 0 Å². The summed E-state index contributed by atoms with van der Waals surface area (Å²) in [6.07, 6.45) is 2.45. The van der Waals surface area contributed by atoms with Gasteiger partial charge in [0.2, 0.25) is 0 Å². The Bertz CT molecular complexity index is 218. The Balaban J connectivity index is 1.66. The van der Waals surface area contributed by atoms with Crippen LogP contribution < -0.4 is 5.32 Å². The molecule has 3 nitrogen and oxygen atoms in total. The highest BCUT2D eigenvalue weighted by atomic mass is 19.1. The number of urea groups is 1. The van der Waals surface area contributed by atoms with Gasteiger partial charge in [0, 0.05) is 6.54 Å². The zero-order valence-electron chi connectivity index (χ0n) is 7.85. The van der Waals surface area contributed by atoms with E-state index in [2.05, 4.69) is 5.32 Å². The van der Waals surface area contributed by atoms with Gasteiger partial charge in [-0.05, 0) is 25.7 Å². The first-order valence-corrected chi connectivity index (χ1v) is 4.78. The van der Waals surface area contributed by atoms with Gasteiger partial charge in [-0.1, -0.05) is 0 Å². The van der Waals surface area contributed by atoms with Crippen LogP contribution in [0.15, 0.2) is 0 Å². The van der Waals surface area contributed by atoms with E-state index in [-0.39, 0.29) is 19.1 Å². The number of likely N-dealkylation sites (tertiary alicyclic amines) is 1. The molecule has 4 heteroatoms. The van der Waals surface area contributed by atoms with Gasteiger partial charge >= 0.3 is 6.03 Å². The molecule has 1 N–H and O–H groups in total. The minimum absolute atomic E-state index is 0.109. The van der Waals surface area contributed by atoms with Gasteiger partial charge in [0.1, 0.15) is 5.67 Å². The van der Waals surface area contributed by atoms with Crippen molar-refractivity contribution in [3.63, 3.8) is 0 Å². The van der Waals surface area contributed by atoms with E-state index in [4.69, 9.17) is 0 Å². The number of nitrogens with one attached hydrogen (secondary N) is 1. The van der Waals surface area contributed by atoms with Crippen molar-refractivity contribution in [3.05, 3.63) is 0 Å². The van der Waals surface area contributed by atoms with Crippen LogP contribution in [0.25, 0.3) is 0 Å². The maximum absolute atomic E-state index is 13.0. The van der Waals surface area contributed by atoms with E-state index in [0.29, 0.717) is 5.92 Å². The Morgan fingerprint density at radius 3 is 2.69 bits per heavy atom. The number of carbonyl (C=O) groups excluding carboxylic acids is 1. The first-order chi connectivity index (χ1) is 6.07. The van der Waals surface area contributed by atoms with E-state index in [1.54, 1.807) is 0 Å². The molecule has 0 bridgehead atoms. The Labute approximate surface area is 77.3 Å². The van der Waals surface area contributed by atoms with Crippen LogP contribution in [0.5, 0.6) is 0 Å². The third kappa shape index (κ3) is 2.11. The van der Waals surface area contributed by atoms with E-state index >= 15 is 0 Å². The van der Waals surface area contributed by atoms with Crippen molar-refractivity contribution in [3.8, 4) is 0 Å². The fourth-order valence-electron chi connectivity index (χ4n) is 1.56. The number of hydrogen-bond donors (Lipinski definition) is 1. The van der Waals surface area contributed by atoms with Crippen molar-refractivity contribution < 1.29 is 9.18 Å². The number of alkyl halides is 1. The molecule has 2 fully saturated rings. The summed E-state index contributed by atoms with van der Waals surface area (Å²) in [5.74, 6) is 0.682. The zero-order chi connectivity index (χ0) is 9.47. The van der Waals surface area contributed by atoms with Crippen molar-refractivity contribution in [2.75, 3.05) is 19.6 Å². The van der Waals surface area contributed by atoms with E-state index in [9.17, 15) is 9.18 Å². The number of nitrogens with zero attached hydrogens (tertiary/aromatic N) is 1. The van der Waals surface area contributed by atoms with Crippen LogP contribution in [0.4, 0.5) is 9.18 Å². The SMILES string of the molecule is CC1(F)CN(C(=O)NCC2CC2)C1. The first-order valence-electron chi connectivity index (χ1n) is 4.78. The Kier molecular flexibility index (Phi) is 1.93. The van der Waals surface area contributed by atoms with E-state index < -0.39 is 5.67 Å². The molecular formula is C9H15FN2O. The molecule has 1 aliphatic heterocycles. The average Bonchev–Trinajstić information content (AvgIpc) is 2.78. The molecule has 2 aliphatic rings. The van der Waals surface area contributed by atoms with Gasteiger partial charge in [0.05, 0.1) is 13.1 Å². The summed E-state index contributed by atoms with van der Waals surface area (Å²) >= 11 is 0. The highest BCUT2D eigenvalue weighted by Crippen LogP contribution is 2.28. The highest BCUT2D eigenvalue weighted by Gasteiger charge is 2.41. The van der Waals surface area contributed by atoms with Gasteiger partial charge in [0.15, 0.2) is 0 Å². The predicted molar refractivity (Wildman–Crippen MR) is 47.2 cm³/mol. The van der Waals surface area contributed by atoms with Crippen LogP contribution in [0.1, 0.15) is 19.8 Å². The normalized spacial score (nSPS) is 25.2. The maximum Gasteiger partial charge on any atom is 0.317 e. The molecule has 1 saturated heterocycles. The number of carbonyl (C=O) groups is 1. The summed E-state index contributed by atoms with van der Waals surface area (Å²) in [4.78, 5) is 12.8.